The monoisotopic (exact) mass is 422 g/mol. The number of hydrogen-bond acceptors (Lipinski definition) is 4. The molecule has 0 aliphatic heterocycles. The van der Waals surface area contributed by atoms with Crippen molar-refractivity contribution in [3.8, 4) is 0 Å². The van der Waals surface area contributed by atoms with Crippen LogP contribution in [0.25, 0.3) is 10.9 Å². The third kappa shape index (κ3) is 3.47. The topological polar surface area (TPSA) is 89.0 Å². The van der Waals surface area contributed by atoms with Gasteiger partial charge in [0, 0.05) is 36.6 Å². The first kappa shape index (κ1) is 20.1. The SMILES string of the molecule is COP(=O)(c1ccccc1)c1c(C(=O)NCc2cncn2C)[nH]c2ccc(C)cc12. The summed E-state index contributed by atoms with van der Waals surface area (Å²) >= 11 is 0. The van der Waals surface area contributed by atoms with Gasteiger partial charge in [0.25, 0.3) is 13.3 Å². The number of H-pyrrole nitrogens is 1. The molecule has 4 rings (SSSR count). The number of benzene rings is 2. The van der Waals surface area contributed by atoms with E-state index in [0.29, 0.717) is 17.2 Å². The molecule has 7 nitrogen and oxygen atoms in total. The maximum atomic E-state index is 14.1. The third-order valence-corrected chi connectivity index (χ3v) is 7.69. The van der Waals surface area contributed by atoms with Crippen molar-refractivity contribution in [3.63, 3.8) is 0 Å². The van der Waals surface area contributed by atoms with Crippen molar-refractivity contribution in [2.75, 3.05) is 7.11 Å². The van der Waals surface area contributed by atoms with Crippen LogP contribution in [0.2, 0.25) is 0 Å². The Bertz CT molecular complexity index is 1260. The number of nitrogens with zero attached hydrogens (tertiary/aromatic N) is 2. The lowest BCUT2D eigenvalue weighted by Crippen LogP contribution is -2.30. The van der Waals surface area contributed by atoms with Gasteiger partial charge in [0.2, 0.25) is 0 Å². The maximum absolute atomic E-state index is 14.1. The first-order valence-electron chi connectivity index (χ1n) is 9.51. The Balaban J connectivity index is 1.85. The van der Waals surface area contributed by atoms with E-state index in [2.05, 4.69) is 15.3 Å². The van der Waals surface area contributed by atoms with Crippen LogP contribution in [-0.4, -0.2) is 27.6 Å². The van der Waals surface area contributed by atoms with Crippen LogP contribution < -0.4 is 15.9 Å². The third-order valence-electron chi connectivity index (χ3n) is 5.15. The number of carbonyl (C=O) groups is 1. The van der Waals surface area contributed by atoms with Crippen LogP contribution in [0.3, 0.4) is 0 Å². The lowest BCUT2D eigenvalue weighted by molar-refractivity contribution is 0.0947. The Morgan fingerprint density at radius 3 is 2.67 bits per heavy atom. The van der Waals surface area contributed by atoms with Gasteiger partial charge in [0.15, 0.2) is 0 Å². The van der Waals surface area contributed by atoms with Gasteiger partial charge < -0.3 is 19.4 Å². The summed E-state index contributed by atoms with van der Waals surface area (Å²) in [5, 5.41) is 4.54. The molecular formula is C22H23N4O3P. The summed E-state index contributed by atoms with van der Waals surface area (Å²) in [6.07, 6.45) is 3.37. The highest BCUT2D eigenvalue weighted by Crippen LogP contribution is 2.47. The molecule has 0 saturated carbocycles. The quantitative estimate of drug-likeness (QED) is 0.468. The van der Waals surface area contributed by atoms with Crippen LogP contribution in [0.4, 0.5) is 0 Å². The number of rotatable bonds is 6. The fourth-order valence-electron chi connectivity index (χ4n) is 3.53. The van der Waals surface area contributed by atoms with Crippen molar-refractivity contribution in [1.29, 1.82) is 0 Å². The van der Waals surface area contributed by atoms with Crippen molar-refractivity contribution in [2.45, 2.75) is 13.5 Å². The van der Waals surface area contributed by atoms with E-state index in [1.165, 1.54) is 7.11 Å². The minimum atomic E-state index is -3.52. The van der Waals surface area contributed by atoms with Gasteiger partial charge in [-0.2, -0.15) is 0 Å². The Labute approximate surface area is 174 Å². The number of nitrogens with one attached hydrogen (secondary N) is 2. The van der Waals surface area contributed by atoms with E-state index in [1.54, 1.807) is 24.7 Å². The molecular weight excluding hydrogens is 399 g/mol. The molecule has 0 saturated heterocycles. The maximum Gasteiger partial charge on any atom is 0.268 e. The average molecular weight is 422 g/mol. The van der Waals surface area contributed by atoms with Crippen molar-refractivity contribution in [3.05, 3.63) is 78.0 Å². The molecule has 0 spiro atoms. The van der Waals surface area contributed by atoms with Gasteiger partial charge >= 0.3 is 0 Å². The Hall–Kier alpha value is -3.15. The molecule has 2 heterocycles. The number of imidazole rings is 1. The van der Waals surface area contributed by atoms with Crippen molar-refractivity contribution < 1.29 is 13.9 Å². The summed E-state index contributed by atoms with van der Waals surface area (Å²) in [6.45, 7) is 2.25. The van der Waals surface area contributed by atoms with Crippen molar-refractivity contribution in [2.24, 2.45) is 7.05 Å². The molecule has 4 aromatic rings. The number of carbonyl (C=O) groups excluding carboxylic acids is 1. The first-order valence-corrected chi connectivity index (χ1v) is 11.1. The molecule has 1 unspecified atom stereocenters. The molecule has 1 amide bonds. The van der Waals surface area contributed by atoms with E-state index in [-0.39, 0.29) is 11.6 Å². The van der Waals surface area contributed by atoms with Gasteiger partial charge in [-0.3, -0.25) is 9.36 Å². The van der Waals surface area contributed by atoms with E-state index in [1.807, 2.05) is 54.9 Å². The van der Waals surface area contributed by atoms with Crippen LogP contribution in [0, 0.1) is 6.92 Å². The van der Waals surface area contributed by atoms with E-state index < -0.39 is 7.37 Å². The highest BCUT2D eigenvalue weighted by Gasteiger charge is 2.35. The van der Waals surface area contributed by atoms with Gasteiger partial charge in [-0.1, -0.05) is 29.8 Å². The molecule has 154 valence electrons. The number of aromatic amines is 1. The first-order chi connectivity index (χ1) is 14.4. The summed E-state index contributed by atoms with van der Waals surface area (Å²) in [5.74, 6) is -0.353. The largest absolute Gasteiger partial charge is 0.350 e. The van der Waals surface area contributed by atoms with E-state index in [0.717, 1.165) is 22.2 Å². The molecule has 0 fully saturated rings. The Kier molecular flexibility index (Phi) is 5.33. The van der Waals surface area contributed by atoms with Crippen LogP contribution in [0.15, 0.2) is 61.1 Å². The molecule has 8 heteroatoms. The lowest BCUT2D eigenvalue weighted by atomic mass is 10.2. The molecule has 1 atom stereocenters. The lowest BCUT2D eigenvalue weighted by Gasteiger charge is -2.18. The van der Waals surface area contributed by atoms with E-state index in [4.69, 9.17) is 4.52 Å². The molecule has 0 aliphatic rings. The van der Waals surface area contributed by atoms with Crippen LogP contribution >= 0.6 is 7.37 Å². The second-order valence-corrected chi connectivity index (χ2v) is 9.58. The van der Waals surface area contributed by atoms with Crippen molar-refractivity contribution in [1.82, 2.24) is 19.9 Å². The molecule has 30 heavy (non-hydrogen) atoms. The van der Waals surface area contributed by atoms with Crippen LogP contribution in [0.1, 0.15) is 21.7 Å². The van der Waals surface area contributed by atoms with Gasteiger partial charge in [-0.05, 0) is 31.2 Å². The van der Waals surface area contributed by atoms with E-state index in [9.17, 15) is 9.36 Å². The highest BCUT2D eigenvalue weighted by molar-refractivity contribution is 7.75. The summed E-state index contributed by atoms with van der Waals surface area (Å²) in [5.41, 5.74) is 2.83. The Morgan fingerprint density at radius 1 is 1.23 bits per heavy atom. The van der Waals surface area contributed by atoms with Gasteiger partial charge in [-0.25, -0.2) is 4.98 Å². The number of aromatic nitrogens is 3. The minimum Gasteiger partial charge on any atom is -0.350 e. The minimum absolute atomic E-state index is 0.242. The van der Waals surface area contributed by atoms with E-state index >= 15 is 0 Å². The predicted molar refractivity (Wildman–Crippen MR) is 118 cm³/mol. The molecule has 2 aromatic carbocycles. The second-order valence-electron chi connectivity index (χ2n) is 7.15. The summed E-state index contributed by atoms with van der Waals surface area (Å²) < 4.78 is 21.6. The highest BCUT2D eigenvalue weighted by atomic mass is 31.2. The number of amides is 1. The summed E-state index contributed by atoms with van der Waals surface area (Å²) in [7, 11) is -0.239. The molecule has 0 aliphatic carbocycles. The predicted octanol–water partition coefficient (Wildman–Crippen LogP) is 3.02. The number of fused-ring (bicyclic) bond motifs is 1. The van der Waals surface area contributed by atoms with Crippen LogP contribution in [-0.2, 0) is 22.7 Å². The number of hydrogen-bond donors (Lipinski definition) is 2. The molecule has 0 radical (unpaired) electrons. The standard InChI is InChI=1S/C22H23N4O3P/c1-15-9-10-19-18(11-15)21(30(28,29-3)17-7-5-4-6-8-17)20(25-19)22(27)24-13-16-12-23-14-26(16)2/h4-12,14,25H,13H2,1-3H3,(H,24,27). The fourth-order valence-corrected chi connectivity index (χ4v) is 5.70. The number of aryl methyl sites for hydroxylation is 2. The van der Waals surface area contributed by atoms with Gasteiger partial charge in [0.1, 0.15) is 5.69 Å². The van der Waals surface area contributed by atoms with Gasteiger partial charge in [0.05, 0.1) is 23.9 Å². The zero-order valence-corrected chi connectivity index (χ0v) is 17.9. The van der Waals surface area contributed by atoms with Crippen LogP contribution in [0.5, 0.6) is 0 Å². The zero-order valence-electron chi connectivity index (χ0n) is 17.0. The average Bonchev–Trinajstić information content (AvgIpc) is 3.35. The molecule has 2 aromatic heterocycles. The van der Waals surface area contributed by atoms with Gasteiger partial charge in [-0.15, -0.1) is 0 Å². The molecule has 2 N–H and O–H groups in total. The smallest absolute Gasteiger partial charge is 0.268 e. The zero-order chi connectivity index (χ0) is 21.3. The van der Waals surface area contributed by atoms with Crippen molar-refractivity contribution >= 4 is 34.8 Å². The summed E-state index contributed by atoms with van der Waals surface area (Å²) in [4.78, 5) is 20.4. The molecule has 0 bridgehead atoms. The fraction of sp³-hybridized carbons (Fsp3) is 0.182. The normalized spacial score (nSPS) is 13.3. The second kappa shape index (κ2) is 7.94. The Morgan fingerprint density at radius 2 is 2.00 bits per heavy atom. The summed E-state index contributed by atoms with van der Waals surface area (Å²) in [6, 6.07) is 14.7.